The molecule has 0 spiro atoms. The molecule has 2 heterocycles. The van der Waals surface area contributed by atoms with Crippen LogP contribution >= 0.6 is 0 Å². The van der Waals surface area contributed by atoms with Crippen molar-refractivity contribution in [1.29, 1.82) is 0 Å². The van der Waals surface area contributed by atoms with Gasteiger partial charge in [0.25, 0.3) is 6.43 Å². The maximum atomic E-state index is 12.7. The van der Waals surface area contributed by atoms with Crippen molar-refractivity contribution >= 4 is 10.9 Å². The highest BCUT2D eigenvalue weighted by Gasteiger charge is 2.28. The quantitative estimate of drug-likeness (QED) is 0.941. The molecule has 0 saturated carbocycles. The third-order valence-corrected chi connectivity index (χ3v) is 4.00. The third kappa shape index (κ3) is 3.09. The molecule has 21 heavy (non-hydrogen) atoms. The van der Waals surface area contributed by atoms with Gasteiger partial charge in [0.15, 0.2) is 0 Å². The number of nitrogens with zero attached hydrogens (tertiary/aromatic N) is 1. The molecule has 1 atom stereocenters. The molecule has 1 saturated heterocycles. The molecule has 3 rings (SSSR count). The second-order valence-corrected chi connectivity index (χ2v) is 5.82. The second-order valence-electron chi connectivity index (χ2n) is 5.82. The summed E-state index contributed by atoms with van der Waals surface area (Å²) in [5.74, 6) is 0. The van der Waals surface area contributed by atoms with Crippen LogP contribution < -0.4 is 0 Å². The van der Waals surface area contributed by atoms with Crippen molar-refractivity contribution in [2.75, 3.05) is 19.7 Å². The molecule has 1 fully saturated rings. The number of halogens is 2. The van der Waals surface area contributed by atoms with Gasteiger partial charge in [-0.05, 0) is 37.1 Å². The average Bonchev–Trinajstić information content (AvgIpc) is 2.81. The van der Waals surface area contributed by atoms with Crippen LogP contribution in [0.25, 0.3) is 10.9 Å². The summed E-state index contributed by atoms with van der Waals surface area (Å²) in [5.41, 5.74) is 4.63. The summed E-state index contributed by atoms with van der Waals surface area (Å²) in [5, 5.41) is 1.20. The number of nitrogens with one attached hydrogen (secondary N) is 1. The maximum Gasteiger partial charge on any atom is 0.265 e. The average molecular weight is 294 g/mol. The highest BCUT2D eigenvalue weighted by molar-refractivity contribution is 5.84. The highest BCUT2D eigenvalue weighted by atomic mass is 19.3. The second kappa shape index (κ2) is 5.73. The first-order valence-corrected chi connectivity index (χ1v) is 7.24. The Hall–Kier alpha value is -1.46. The standard InChI is InChI=1S/C16H20F2N2O/c1-10-5-11(2)13-7-12(19-14(13)6-10)8-20-3-4-21-15(9-20)16(17)18/h5-7,15-16,19H,3-4,8-9H2,1-2H3. The number of benzene rings is 1. The van der Waals surface area contributed by atoms with Crippen molar-refractivity contribution in [3.63, 3.8) is 0 Å². The molecule has 5 heteroatoms. The van der Waals surface area contributed by atoms with Crippen molar-refractivity contribution in [1.82, 2.24) is 9.88 Å². The summed E-state index contributed by atoms with van der Waals surface area (Å²) >= 11 is 0. The fourth-order valence-corrected chi connectivity index (χ4v) is 3.01. The van der Waals surface area contributed by atoms with E-state index in [2.05, 4.69) is 37.0 Å². The van der Waals surface area contributed by atoms with Gasteiger partial charge in [0, 0.05) is 36.2 Å². The number of hydrogen-bond donors (Lipinski definition) is 1. The number of aromatic nitrogens is 1. The Kier molecular flexibility index (Phi) is 3.95. The van der Waals surface area contributed by atoms with Crippen molar-refractivity contribution in [3.8, 4) is 0 Å². The first kappa shape index (κ1) is 14.5. The lowest BCUT2D eigenvalue weighted by atomic mass is 10.1. The van der Waals surface area contributed by atoms with E-state index in [0.29, 0.717) is 19.7 Å². The zero-order valence-corrected chi connectivity index (χ0v) is 12.3. The molecule has 2 aromatic rings. The predicted octanol–water partition coefficient (Wildman–Crippen LogP) is 3.25. The van der Waals surface area contributed by atoms with Crippen LogP contribution in [0.4, 0.5) is 8.78 Å². The number of aryl methyl sites for hydroxylation is 2. The molecule has 114 valence electrons. The Labute approximate surface area is 122 Å². The van der Waals surface area contributed by atoms with E-state index in [9.17, 15) is 8.78 Å². The van der Waals surface area contributed by atoms with E-state index in [1.54, 1.807) is 0 Å². The van der Waals surface area contributed by atoms with Crippen LogP contribution in [-0.2, 0) is 11.3 Å². The van der Waals surface area contributed by atoms with Crippen LogP contribution in [0.2, 0.25) is 0 Å². The molecule has 1 aromatic carbocycles. The van der Waals surface area contributed by atoms with Gasteiger partial charge in [0.1, 0.15) is 6.10 Å². The maximum absolute atomic E-state index is 12.7. The largest absolute Gasteiger partial charge is 0.370 e. The minimum absolute atomic E-state index is 0.283. The van der Waals surface area contributed by atoms with E-state index in [4.69, 9.17) is 4.74 Å². The van der Waals surface area contributed by atoms with Crippen LogP contribution in [0.3, 0.4) is 0 Å². The summed E-state index contributed by atoms with van der Waals surface area (Å²) in [4.78, 5) is 5.42. The van der Waals surface area contributed by atoms with Crippen molar-refractivity contribution < 1.29 is 13.5 Å². The third-order valence-electron chi connectivity index (χ3n) is 4.00. The van der Waals surface area contributed by atoms with E-state index in [-0.39, 0.29) is 6.54 Å². The number of hydrogen-bond acceptors (Lipinski definition) is 2. The fraction of sp³-hybridized carbons (Fsp3) is 0.500. The molecule has 3 nitrogen and oxygen atoms in total. The molecule has 1 aliphatic rings. The number of ether oxygens (including phenoxy) is 1. The van der Waals surface area contributed by atoms with Crippen molar-refractivity contribution in [2.24, 2.45) is 0 Å². The SMILES string of the molecule is Cc1cc(C)c2cc(CN3CCOC(C(F)F)C3)[nH]c2c1. The summed E-state index contributed by atoms with van der Waals surface area (Å²) in [6, 6.07) is 6.39. The van der Waals surface area contributed by atoms with Gasteiger partial charge in [-0.2, -0.15) is 0 Å². The van der Waals surface area contributed by atoms with Gasteiger partial charge < -0.3 is 9.72 Å². The molecule has 0 bridgehead atoms. The summed E-state index contributed by atoms with van der Waals surface area (Å²) in [6.07, 6.45) is -3.38. The molecule has 0 amide bonds. The zero-order chi connectivity index (χ0) is 15.0. The number of fused-ring (bicyclic) bond motifs is 1. The number of H-pyrrole nitrogens is 1. The molecule has 1 N–H and O–H groups in total. The first-order valence-electron chi connectivity index (χ1n) is 7.24. The van der Waals surface area contributed by atoms with Gasteiger partial charge >= 0.3 is 0 Å². The fourth-order valence-electron chi connectivity index (χ4n) is 3.01. The van der Waals surface area contributed by atoms with E-state index in [1.807, 2.05) is 4.90 Å². The Bertz CT molecular complexity index is 638. The van der Waals surface area contributed by atoms with E-state index >= 15 is 0 Å². The molecule has 1 aliphatic heterocycles. The van der Waals surface area contributed by atoms with Crippen molar-refractivity contribution in [2.45, 2.75) is 32.9 Å². The molecule has 0 aliphatic carbocycles. The molecule has 1 unspecified atom stereocenters. The first-order chi connectivity index (χ1) is 10.0. The Balaban J connectivity index is 1.77. The molecule has 0 radical (unpaired) electrons. The monoisotopic (exact) mass is 294 g/mol. The molecular formula is C16H20F2N2O. The Morgan fingerprint density at radius 3 is 2.90 bits per heavy atom. The van der Waals surface area contributed by atoms with Crippen LogP contribution in [0.5, 0.6) is 0 Å². The van der Waals surface area contributed by atoms with Gasteiger partial charge in [-0.15, -0.1) is 0 Å². The topological polar surface area (TPSA) is 28.3 Å². The zero-order valence-electron chi connectivity index (χ0n) is 12.3. The lowest BCUT2D eigenvalue weighted by molar-refractivity contribution is -0.104. The molecular weight excluding hydrogens is 274 g/mol. The predicted molar refractivity (Wildman–Crippen MR) is 78.8 cm³/mol. The lowest BCUT2D eigenvalue weighted by Gasteiger charge is -2.32. The summed E-state index contributed by atoms with van der Waals surface area (Å²) in [6.45, 7) is 6.16. The van der Waals surface area contributed by atoms with Crippen LogP contribution in [0, 0.1) is 13.8 Å². The lowest BCUT2D eigenvalue weighted by Crippen LogP contribution is -2.45. The number of morpholine rings is 1. The van der Waals surface area contributed by atoms with Gasteiger partial charge in [-0.3, -0.25) is 4.90 Å². The van der Waals surface area contributed by atoms with Gasteiger partial charge in [-0.1, -0.05) is 6.07 Å². The number of rotatable bonds is 3. The smallest absolute Gasteiger partial charge is 0.265 e. The number of alkyl halides is 2. The van der Waals surface area contributed by atoms with Crippen LogP contribution in [0.1, 0.15) is 16.8 Å². The molecule has 1 aromatic heterocycles. The minimum atomic E-state index is -2.42. The number of aromatic amines is 1. The van der Waals surface area contributed by atoms with Gasteiger partial charge in [-0.25, -0.2) is 8.78 Å². The summed E-state index contributed by atoms with van der Waals surface area (Å²) < 4.78 is 30.6. The van der Waals surface area contributed by atoms with Crippen molar-refractivity contribution in [3.05, 3.63) is 35.0 Å². The van der Waals surface area contributed by atoms with Gasteiger partial charge in [0.2, 0.25) is 0 Å². The minimum Gasteiger partial charge on any atom is -0.370 e. The van der Waals surface area contributed by atoms with E-state index in [1.165, 1.54) is 16.5 Å². The Morgan fingerprint density at radius 1 is 1.33 bits per heavy atom. The highest BCUT2D eigenvalue weighted by Crippen LogP contribution is 2.23. The van der Waals surface area contributed by atoms with E-state index in [0.717, 1.165) is 11.2 Å². The Morgan fingerprint density at radius 2 is 2.14 bits per heavy atom. The van der Waals surface area contributed by atoms with Crippen LogP contribution in [-0.4, -0.2) is 42.1 Å². The normalized spacial score (nSPS) is 20.5. The van der Waals surface area contributed by atoms with Gasteiger partial charge in [0.05, 0.1) is 6.61 Å². The summed E-state index contributed by atoms with van der Waals surface area (Å²) in [7, 11) is 0. The van der Waals surface area contributed by atoms with E-state index < -0.39 is 12.5 Å². The van der Waals surface area contributed by atoms with Crippen LogP contribution in [0.15, 0.2) is 18.2 Å².